The van der Waals surface area contributed by atoms with Crippen molar-refractivity contribution in [2.75, 3.05) is 19.7 Å². The summed E-state index contributed by atoms with van der Waals surface area (Å²) in [6.45, 7) is 7.80. The Morgan fingerprint density at radius 1 is 1.55 bits per heavy atom. The summed E-state index contributed by atoms with van der Waals surface area (Å²) in [6, 6.07) is 0. The summed E-state index contributed by atoms with van der Waals surface area (Å²) in [7, 11) is 0. The molecule has 112 valence electrons. The van der Waals surface area contributed by atoms with Crippen LogP contribution in [0.25, 0.3) is 0 Å². The first kappa shape index (κ1) is 15.0. The van der Waals surface area contributed by atoms with E-state index in [1.54, 1.807) is 0 Å². The molecule has 1 amide bonds. The van der Waals surface area contributed by atoms with Gasteiger partial charge in [0.1, 0.15) is 12.1 Å². The zero-order chi connectivity index (χ0) is 15.1. The minimum Gasteiger partial charge on any atom is -0.480 e. The van der Waals surface area contributed by atoms with Gasteiger partial charge in [-0.05, 0) is 6.42 Å². The van der Waals surface area contributed by atoms with E-state index in [4.69, 9.17) is 15.6 Å². The Kier molecular flexibility index (Phi) is 3.64. The molecular formula is C14H22N2O4. The lowest BCUT2D eigenvalue weighted by molar-refractivity contribution is -0.185. The maximum Gasteiger partial charge on any atom is 0.323 e. The molecule has 0 aromatic heterocycles. The standard InChI is InChI=1S/C14H22N2O4/c1-4-6-16(8-10(17)18)12(19)14(15)9-5-7-20-11(9)13(14,2)3/h4,9,11H,1,5-8,15H2,2-3H3,(H,17,18). The number of carboxylic acid groups (broad SMARTS) is 1. The van der Waals surface area contributed by atoms with Gasteiger partial charge in [0.05, 0.1) is 6.10 Å². The van der Waals surface area contributed by atoms with Crippen molar-refractivity contribution in [1.82, 2.24) is 4.90 Å². The zero-order valence-electron chi connectivity index (χ0n) is 12.0. The largest absolute Gasteiger partial charge is 0.480 e. The molecule has 2 fully saturated rings. The fourth-order valence-electron chi connectivity index (χ4n) is 3.62. The second-order valence-corrected chi connectivity index (χ2v) is 6.15. The minimum absolute atomic E-state index is 0.0214. The molecule has 0 spiro atoms. The Labute approximate surface area is 118 Å². The highest BCUT2D eigenvalue weighted by molar-refractivity contribution is 5.91. The maximum atomic E-state index is 12.8. The first-order chi connectivity index (χ1) is 9.26. The molecule has 0 bridgehead atoms. The number of fused-ring (bicyclic) bond motifs is 1. The van der Waals surface area contributed by atoms with Gasteiger partial charge in [0.25, 0.3) is 0 Å². The second kappa shape index (κ2) is 4.86. The fraction of sp³-hybridized carbons (Fsp3) is 0.714. The van der Waals surface area contributed by atoms with E-state index in [-0.39, 0.29) is 31.0 Å². The number of hydrogen-bond acceptors (Lipinski definition) is 4. The SMILES string of the molecule is C=CCN(CC(=O)O)C(=O)C1(N)C2CCOC2C1(C)C. The average Bonchev–Trinajstić information content (AvgIpc) is 2.84. The number of hydrogen-bond donors (Lipinski definition) is 2. The molecule has 6 nitrogen and oxygen atoms in total. The number of nitrogens with zero attached hydrogens (tertiary/aromatic N) is 1. The summed E-state index contributed by atoms with van der Waals surface area (Å²) in [5, 5.41) is 8.94. The van der Waals surface area contributed by atoms with Crippen LogP contribution in [0.4, 0.5) is 0 Å². The van der Waals surface area contributed by atoms with E-state index in [0.717, 1.165) is 6.42 Å². The number of nitrogens with two attached hydrogens (primary N) is 1. The lowest BCUT2D eigenvalue weighted by Crippen LogP contribution is -2.80. The number of rotatable bonds is 5. The average molecular weight is 282 g/mol. The van der Waals surface area contributed by atoms with Crippen molar-refractivity contribution in [2.45, 2.75) is 31.9 Å². The third kappa shape index (κ3) is 1.86. The van der Waals surface area contributed by atoms with Crippen LogP contribution in [0.5, 0.6) is 0 Å². The predicted octanol–water partition coefficient (Wildman–Crippen LogP) is 0.228. The van der Waals surface area contributed by atoms with Crippen molar-refractivity contribution in [3.05, 3.63) is 12.7 Å². The highest BCUT2D eigenvalue weighted by atomic mass is 16.5. The Morgan fingerprint density at radius 2 is 2.20 bits per heavy atom. The molecule has 1 heterocycles. The quantitative estimate of drug-likeness (QED) is 0.704. The molecule has 1 aliphatic heterocycles. The van der Waals surface area contributed by atoms with Gasteiger partial charge in [0, 0.05) is 24.5 Å². The van der Waals surface area contributed by atoms with E-state index < -0.39 is 16.9 Å². The molecule has 1 saturated heterocycles. The van der Waals surface area contributed by atoms with Crippen LogP contribution in [-0.4, -0.2) is 53.2 Å². The highest BCUT2D eigenvalue weighted by Gasteiger charge is 2.71. The highest BCUT2D eigenvalue weighted by Crippen LogP contribution is 2.58. The van der Waals surface area contributed by atoms with Crippen molar-refractivity contribution in [1.29, 1.82) is 0 Å². The molecule has 6 heteroatoms. The number of carbonyl (C=O) groups excluding carboxylic acids is 1. The first-order valence-electron chi connectivity index (χ1n) is 6.79. The monoisotopic (exact) mass is 282 g/mol. The molecule has 0 radical (unpaired) electrons. The molecule has 3 atom stereocenters. The van der Waals surface area contributed by atoms with E-state index in [1.165, 1.54) is 11.0 Å². The summed E-state index contributed by atoms with van der Waals surface area (Å²) in [5.41, 5.74) is 4.86. The van der Waals surface area contributed by atoms with Gasteiger partial charge in [0.15, 0.2) is 0 Å². The molecule has 1 saturated carbocycles. The molecule has 0 aromatic rings. The summed E-state index contributed by atoms with van der Waals surface area (Å²) >= 11 is 0. The van der Waals surface area contributed by atoms with E-state index in [1.807, 2.05) is 13.8 Å². The van der Waals surface area contributed by atoms with Crippen molar-refractivity contribution in [3.63, 3.8) is 0 Å². The van der Waals surface area contributed by atoms with E-state index in [2.05, 4.69) is 6.58 Å². The van der Waals surface area contributed by atoms with E-state index >= 15 is 0 Å². The Balaban J connectivity index is 2.25. The van der Waals surface area contributed by atoms with Crippen molar-refractivity contribution in [3.8, 4) is 0 Å². The number of carbonyl (C=O) groups is 2. The molecule has 0 aromatic carbocycles. The third-order valence-corrected chi connectivity index (χ3v) is 4.77. The van der Waals surface area contributed by atoms with Crippen LogP contribution < -0.4 is 5.73 Å². The van der Waals surface area contributed by atoms with Crippen molar-refractivity contribution < 1.29 is 19.4 Å². The van der Waals surface area contributed by atoms with Crippen LogP contribution in [-0.2, 0) is 14.3 Å². The number of aliphatic carboxylic acids is 1. The normalized spacial score (nSPS) is 34.0. The predicted molar refractivity (Wildman–Crippen MR) is 73.0 cm³/mol. The molecular weight excluding hydrogens is 260 g/mol. The topological polar surface area (TPSA) is 92.9 Å². The molecule has 2 aliphatic rings. The maximum absolute atomic E-state index is 12.8. The van der Waals surface area contributed by atoms with Gasteiger partial charge in [-0.1, -0.05) is 19.9 Å². The summed E-state index contributed by atoms with van der Waals surface area (Å²) in [6.07, 6.45) is 2.23. The number of ether oxygens (including phenoxy) is 1. The molecule has 1 aliphatic carbocycles. The summed E-state index contributed by atoms with van der Waals surface area (Å²) in [5.74, 6) is -1.41. The first-order valence-corrected chi connectivity index (χ1v) is 6.79. The zero-order valence-corrected chi connectivity index (χ0v) is 12.0. The van der Waals surface area contributed by atoms with Crippen LogP contribution in [0.15, 0.2) is 12.7 Å². The minimum atomic E-state index is -1.06. The smallest absolute Gasteiger partial charge is 0.323 e. The van der Waals surface area contributed by atoms with Gasteiger partial charge in [-0.25, -0.2) is 0 Å². The van der Waals surface area contributed by atoms with Crippen LogP contribution in [0.1, 0.15) is 20.3 Å². The van der Waals surface area contributed by atoms with Crippen LogP contribution in [0.2, 0.25) is 0 Å². The number of amides is 1. The van der Waals surface area contributed by atoms with Gasteiger partial charge in [-0.2, -0.15) is 0 Å². The lowest BCUT2D eigenvalue weighted by atomic mass is 9.47. The molecule has 2 rings (SSSR count). The van der Waals surface area contributed by atoms with Gasteiger partial charge < -0.3 is 20.5 Å². The van der Waals surface area contributed by atoms with E-state index in [0.29, 0.717) is 6.61 Å². The Bertz CT molecular complexity index is 448. The fourth-order valence-corrected chi connectivity index (χ4v) is 3.62. The van der Waals surface area contributed by atoms with Crippen LogP contribution >= 0.6 is 0 Å². The van der Waals surface area contributed by atoms with Crippen LogP contribution in [0.3, 0.4) is 0 Å². The van der Waals surface area contributed by atoms with Gasteiger partial charge in [-0.3, -0.25) is 9.59 Å². The summed E-state index contributed by atoms with van der Waals surface area (Å²) in [4.78, 5) is 24.9. The summed E-state index contributed by atoms with van der Waals surface area (Å²) < 4.78 is 5.65. The van der Waals surface area contributed by atoms with E-state index in [9.17, 15) is 9.59 Å². The number of carboxylic acids is 1. The van der Waals surface area contributed by atoms with Crippen molar-refractivity contribution in [2.24, 2.45) is 17.1 Å². The molecule has 20 heavy (non-hydrogen) atoms. The van der Waals surface area contributed by atoms with Crippen LogP contribution in [0, 0.1) is 11.3 Å². The second-order valence-electron chi connectivity index (χ2n) is 6.15. The Hall–Kier alpha value is -1.40. The molecule has 3 N–H and O–H groups in total. The van der Waals surface area contributed by atoms with Gasteiger partial charge in [-0.15, -0.1) is 6.58 Å². The molecule has 3 unspecified atom stereocenters. The lowest BCUT2D eigenvalue weighted by Gasteiger charge is -2.61. The van der Waals surface area contributed by atoms with Gasteiger partial charge in [0.2, 0.25) is 5.91 Å². The third-order valence-electron chi connectivity index (χ3n) is 4.77. The van der Waals surface area contributed by atoms with Gasteiger partial charge >= 0.3 is 5.97 Å². The van der Waals surface area contributed by atoms with Crippen molar-refractivity contribution >= 4 is 11.9 Å². The Morgan fingerprint density at radius 3 is 2.75 bits per heavy atom.